The first-order valence-corrected chi connectivity index (χ1v) is 8.52. The van der Waals surface area contributed by atoms with E-state index in [1.165, 1.54) is 8.71 Å². The van der Waals surface area contributed by atoms with E-state index >= 15 is 0 Å². The highest BCUT2D eigenvalue weighted by Gasteiger charge is 2.36. The van der Waals surface area contributed by atoms with Gasteiger partial charge in [-0.15, -0.1) is 0 Å². The van der Waals surface area contributed by atoms with Gasteiger partial charge in [-0.1, -0.05) is 17.7 Å². The summed E-state index contributed by atoms with van der Waals surface area (Å²) in [7, 11) is 0.277. The number of sulfonamides is 1. The van der Waals surface area contributed by atoms with Gasteiger partial charge in [0, 0.05) is 25.3 Å². The monoisotopic (exact) mass is 328 g/mol. The van der Waals surface area contributed by atoms with E-state index in [1.54, 1.807) is 24.4 Å². The van der Waals surface area contributed by atoms with Crippen molar-refractivity contribution in [2.75, 3.05) is 27.2 Å². The van der Waals surface area contributed by atoms with Crippen LogP contribution in [0, 0.1) is 0 Å². The molecule has 0 aromatic carbocycles. The molecular formula is C13H17ClN4O2S. The number of halogens is 1. The summed E-state index contributed by atoms with van der Waals surface area (Å²) >= 11 is 6.08. The summed E-state index contributed by atoms with van der Waals surface area (Å²) in [6.07, 6.45) is 2.49. The lowest BCUT2D eigenvalue weighted by Crippen LogP contribution is -2.35. The highest BCUT2D eigenvalue weighted by atomic mass is 35.5. The topological polar surface area (TPSA) is 57.9 Å². The summed E-state index contributed by atoms with van der Waals surface area (Å²) in [5, 5.41) is 0.0775. The van der Waals surface area contributed by atoms with Crippen LogP contribution in [0.25, 0.3) is 5.65 Å². The smallest absolute Gasteiger partial charge is 0.262 e. The fourth-order valence-electron chi connectivity index (χ4n) is 2.65. The van der Waals surface area contributed by atoms with E-state index in [9.17, 15) is 8.42 Å². The molecule has 8 heteroatoms. The van der Waals surface area contributed by atoms with Gasteiger partial charge in [0.2, 0.25) is 0 Å². The van der Waals surface area contributed by atoms with E-state index in [0.717, 1.165) is 6.42 Å². The van der Waals surface area contributed by atoms with Gasteiger partial charge in [0.15, 0.2) is 10.2 Å². The lowest BCUT2D eigenvalue weighted by atomic mass is 10.2. The molecule has 2 aromatic heterocycles. The normalized spacial score (nSPS) is 20.7. The van der Waals surface area contributed by atoms with E-state index in [0.29, 0.717) is 18.7 Å². The van der Waals surface area contributed by atoms with Gasteiger partial charge >= 0.3 is 0 Å². The molecule has 0 amide bonds. The SMILES string of the molecule is CN(C)C1CCN(S(=O)(=O)c2c(Cl)nc3ccccn23)C1. The number of imidazole rings is 1. The Morgan fingerprint density at radius 2 is 2.14 bits per heavy atom. The second-order valence-electron chi connectivity index (χ2n) is 5.41. The number of nitrogens with zero attached hydrogens (tertiary/aromatic N) is 4. The van der Waals surface area contributed by atoms with E-state index in [-0.39, 0.29) is 16.2 Å². The lowest BCUT2D eigenvalue weighted by Gasteiger charge is -2.20. The van der Waals surface area contributed by atoms with Crippen molar-refractivity contribution in [3.8, 4) is 0 Å². The van der Waals surface area contributed by atoms with Crippen molar-refractivity contribution in [2.24, 2.45) is 0 Å². The number of pyridine rings is 1. The second-order valence-corrected chi connectivity index (χ2v) is 7.62. The average molecular weight is 329 g/mol. The summed E-state index contributed by atoms with van der Waals surface area (Å²) in [6.45, 7) is 0.979. The Kier molecular flexibility index (Phi) is 3.69. The molecule has 0 aliphatic carbocycles. The van der Waals surface area contributed by atoms with E-state index < -0.39 is 10.0 Å². The zero-order valence-electron chi connectivity index (χ0n) is 11.9. The van der Waals surface area contributed by atoms with Crippen molar-refractivity contribution in [3.05, 3.63) is 29.5 Å². The maximum absolute atomic E-state index is 12.9. The molecule has 1 atom stereocenters. The molecule has 3 rings (SSSR count). The summed E-state index contributed by atoms with van der Waals surface area (Å²) in [5.41, 5.74) is 0.532. The summed E-state index contributed by atoms with van der Waals surface area (Å²) in [5.74, 6) is 0. The Morgan fingerprint density at radius 3 is 2.81 bits per heavy atom. The van der Waals surface area contributed by atoms with Crippen LogP contribution in [0.4, 0.5) is 0 Å². The van der Waals surface area contributed by atoms with E-state index in [2.05, 4.69) is 4.98 Å². The minimum atomic E-state index is -3.64. The maximum atomic E-state index is 12.9. The largest absolute Gasteiger partial charge is 0.305 e. The molecule has 6 nitrogen and oxygen atoms in total. The summed E-state index contributed by atoms with van der Waals surface area (Å²) < 4.78 is 28.7. The second kappa shape index (κ2) is 5.24. The van der Waals surface area contributed by atoms with Crippen LogP contribution >= 0.6 is 11.6 Å². The molecule has 3 heterocycles. The maximum Gasteiger partial charge on any atom is 0.262 e. The number of hydrogen-bond acceptors (Lipinski definition) is 4. The highest BCUT2D eigenvalue weighted by Crippen LogP contribution is 2.28. The molecule has 1 unspecified atom stereocenters. The molecule has 0 spiro atoms. The molecule has 0 saturated carbocycles. The third kappa shape index (κ3) is 2.44. The van der Waals surface area contributed by atoms with E-state index in [4.69, 9.17) is 11.6 Å². The zero-order chi connectivity index (χ0) is 15.2. The summed E-state index contributed by atoms with van der Waals surface area (Å²) in [4.78, 5) is 6.16. The highest BCUT2D eigenvalue weighted by molar-refractivity contribution is 7.89. The van der Waals surface area contributed by atoms with Gasteiger partial charge in [-0.25, -0.2) is 13.4 Å². The van der Waals surface area contributed by atoms with Crippen LogP contribution in [0.1, 0.15) is 6.42 Å². The average Bonchev–Trinajstić information content (AvgIpc) is 3.02. The molecular weight excluding hydrogens is 312 g/mol. The third-order valence-corrected chi connectivity index (χ3v) is 6.15. The van der Waals surface area contributed by atoms with Gasteiger partial charge in [0.1, 0.15) is 5.65 Å². The van der Waals surface area contributed by atoms with Crippen LogP contribution in [0.15, 0.2) is 29.4 Å². The molecule has 114 valence electrons. The minimum absolute atomic E-state index is 0.0227. The molecule has 1 fully saturated rings. The fourth-order valence-corrected chi connectivity index (χ4v) is 4.74. The Balaban J connectivity index is 2.04. The molecule has 21 heavy (non-hydrogen) atoms. The third-order valence-electron chi connectivity index (χ3n) is 3.89. The molecule has 0 radical (unpaired) electrons. The number of hydrogen-bond donors (Lipinski definition) is 0. The van der Waals surface area contributed by atoms with Crippen LogP contribution in [0.3, 0.4) is 0 Å². The predicted molar refractivity (Wildman–Crippen MR) is 81.1 cm³/mol. The van der Waals surface area contributed by atoms with Crippen molar-refractivity contribution in [3.63, 3.8) is 0 Å². The van der Waals surface area contributed by atoms with Crippen LogP contribution in [-0.2, 0) is 10.0 Å². The summed E-state index contributed by atoms with van der Waals surface area (Å²) in [6, 6.07) is 5.53. The number of aromatic nitrogens is 2. The molecule has 0 N–H and O–H groups in total. The van der Waals surface area contributed by atoms with Crippen LogP contribution in [-0.4, -0.2) is 60.2 Å². The molecule has 1 aliphatic rings. The van der Waals surface area contributed by atoms with Crippen molar-refractivity contribution >= 4 is 27.3 Å². The van der Waals surface area contributed by atoms with Crippen molar-refractivity contribution in [1.82, 2.24) is 18.6 Å². The Labute approximate surface area is 129 Å². The first-order chi connectivity index (χ1) is 9.91. The van der Waals surface area contributed by atoms with Gasteiger partial charge in [0.25, 0.3) is 10.0 Å². The van der Waals surface area contributed by atoms with Crippen LogP contribution < -0.4 is 0 Å². The molecule has 0 bridgehead atoms. The lowest BCUT2D eigenvalue weighted by molar-refractivity contribution is 0.302. The van der Waals surface area contributed by atoms with Gasteiger partial charge in [0.05, 0.1) is 0 Å². The quantitative estimate of drug-likeness (QED) is 0.852. The van der Waals surface area contributed by atoms with Crippen molar-refractivity contribution < 1.29 is 8.42 Å². The number of likely N-dealkylation sites (N-methyl/N-ethyl adjacent to an activating group) is 1. The molecule has 1 saturated heterocycles. The zero-order valence-corrected chi connectivity index (χ0v) is 13.5. The van der Waals surface area contributed by atoms with Crippen LogP contribution in [0.5, 0.6) is 0 Å². The number of rotatable bonds is 3. The van der Waals surface area contributed by atoms with Gasteiger partial charge in [-0.05, 0) is 32.6 Å². The van der Waals surface area contributed by atoms with Gasteiger partial charge in [-0.2, -0.15) is 4.31 Å². The Bertz CT molecular complexity index is 772. The van der Waals surface area contributed by atoms with Crippen LogP contribution in [0.2, 0.25) is 5.15 Å². The van der Waals surface area contributed by atoms with Crippen molar-refractivity contribution in [1.29, 1.82) is 0 Å². The fraction of sp³-hybridized carbons (Fsp3) is 0.462. The standard InChI is InChI=1S/C13H17ClN4O2S/c1-16(2)10-6-8-17(9-10)21(19,20)13-12(14)15-11-5-3-4-7-18(11)13/h3-5,7,10H,6,8-9H2,1-2H3. The van der Waals surface area contributed by atoms with Crippen molar-refractivity contribution in [2.45, 2.75) is 17.5 Å². The predicted octanol–water partition coefficient (Wildman–Crippen LogP) is 1.31. The Hall–Kier alpha value is -1.15. The Morgan fingerprint density at radius 1 is 1.38 bits per heavy atom. The van der Waals surface area contributed by atoms with Gasteiger partial charge in [-0.3, -0.25) is 4.40 Å². The molecule has 1 aliphatic heterocycles. The molecule has 2 aromatic rings. The number of fused-ring (bicyclic) bond motifs is 1. The van der Waals surface area contributed by atoms with Gasteiger partial charge < -0.3 is 4.90 Å². The first-order valence-electron chi connectivity index (χ1n) is 6.70. The first kappa shape index (κ1) is 14.8. The van der Waals surface area contributed by atoms with E-state index in [1.807, 2.05) is 19.0 Å². The minimum Gasteiger partial charge on any atom is -0.305 e.